The number of aromatic nitrogens is 3. The molecule has 3 rings (SSSR count). The summed E-state index contributed by atoms with van der Waals surface area (Å²) in [4.78, 5) is 16.1. The molecule has 10 heteroatoms. The molecule has 3 aromatic rings. The normalized spacial score (nSPS) is 12.9. The van der Waals surface area contributed by atoms with Gasteiger partial charge in [-0.1, -0.05) is 6.07 Å². The summed E-state index contributed by atoms with van der Waals surface area (Å²) >= 11 is 0. The first-order valence-electron chi connectivity index (χ1n) is 9.95. The molecule has 0 saturated carbocycles. The summed E-state index contributed by atoms with van der Waals surface area (Å²) in [5, 5.41) is 28.2. The van der Waals surface area contributed by atoms with Crippen LogP contribution in [0.4, 0.5) is 18.9 Å². The van der Waals surface area contributed by atoms with Gasteiger partial charge in [0.1, 0.15) is 11.4 Å². The molecular formula is C22H25F3N4O3. The molecule has 172 valence electrons. The predicted octanol–water partition coefficient (Wildman–Crippen LogP) is 4.09. The number of carbonyl (C=O) groups excluding carboxylic acids is 1. The molecule has 0 atom stereocenters. The van der Waals surface area contributed by atoms with Crippen LogP contribution in [0.25, 0.3) is 10.9 Å². The first-order valence-corrected chi connectivity index (χ1v) is 9.95. The Labute approximate surface area is 182 Å². The number of carbonyl (C=O) groups is 1. The highest BCUT2D eigenvalue weighted by atomic mass is 19.4. The highest BCUT2D eigenvalue weighted by Crippen LogP contribution is 2.32. The molecule has 0 aliphatic carbocycles. The van der Waals surface area contributed by atoms with Gasteiger partial charge in [-0.15, -0.1) is 0 Å². The van der Waals surface area contributed by atoms with E-state index in [-0.39, 0.29) is 5.69 Å². The van der Waals surface area contributed by atoms with Gasteiger partial charge in [0.05, 0.1) is 16.7 Å². The van der Waals surface area contributed by atoms with Gasteiger partial charge in [-0.25, -0.2) is 4.98 Å². The second kappa shape index (κ2) is 8.18. The standard InChI is InChI=1S/C22H25F3N4O3/c1-20(2,31)8-9-29-12-13-10-17(14(21(3,4)32)11-16(13)28-29)27-19(30)15-6-5-7-18(26-15)22(23,24)25/h5-7,10-12,31-32H,8-9H2,1-4H3,(H,27,30). The van der Waals surface area contributed by atoms with Crippen molar-refractivity contribution in [2.45, 2.75) is 58.0 Å². The number of rotatable bonds is 6. The zero-order valence-corrected chi connectivity index (χ0v) is 18.2. The number of hydrogen-bond donors (Lipinski definition) is 3. The average Bonchev–Trinajstić information content (AvgIpc) is 3.06. The maximum absolute atomic E-state index is 12.9. The van der Waals surface area contributed by atoms with Crippen molar-refractivity contribution in [3.05, 3.63) is 53.5 Å². The Balaban J connectivity index is 1.96. The van der Waals surface area contributed by atoms with E-state index in [1.165, 1.54) is 19.9 Å². The molecule has 7 nitrogen and oxygen atoms in total. The summed E-state index contributed by atoms with van der Waals surface area (Å²) in [7, 11) is 0. The summed E-state index contributed by atoms with van der Waals surface area (Å²) in [6, 6.07) is 6.29. The third-order valence-corrected chi connectivity index (χ3v) is 4.82. The van der Waals surface area contributed by atoms with Crippen LogP contribution in [0.5, 0.6) is 0 Å². The molecule has 0 aliphatic heterocycles. The summed E-state index contributed by atoms with van der Waals surface area (Å²) in [6.07, 6.45) is -2.48. The van der Waals surface area contributed by atoms with Crippen LogP contribution in [0.15, 0.2) is 36.5 Å². The van der Waals surface area contributed by atoms with E-state index < -0.39 is 34.7 Å². The molecular weight excluding hydrogens is 425 g/mol. The fourth-order valence-electron chi connectivity index (χ4n) is 3.14. The topological polar surface area (TPSA) is 100 Å². The number of amides is 1. The van der Waals surface area contributed by atoms with Crippen LogP contribution in [0.2, 0.25) is 0 Å². The van der Waals surface area contributed by atoms with Crippen molar-refractivity contribution in [2.24, 2.45) is 0 Å². The number of halogens is 3. The molecule has 0 bridgehead atoms. The van der Waals surface area contributed by atoms with Gasteiger partial charge in [0.2, 0.25) is 0 Å². The predicted molar refractivity (Wildman–Crippen MR) is 113 cm³/mol. The van der Waals surface area contributed by atoms with E-state index in [1.807, 2.05) is 0 Å². The van der Waals surface area contributed by atoms with Crippen LogP contribution in [-0.2, 0) is 18.3 Å². The highest BCUT2D eigenvalue weighted by molar-refractivity contribution is 6.04. The van der Waals surface area contributed by atoms with Gasteiger partial charge in [-0.3, -0.25) is 9.48 Å². The number of nitrogens with one attached hydrogen (secondary N) is 1. The Hall–Kier alpha value is -2.98. The number of benzene rings is 1. The van der Waals surface area contributed by atoms with E-state index in [0.29, 0.717) is 29.4 Å². The van der Waals surface area contributed by atoms with Gasteiger partial charge in [0.25, 0.3) is 5.91 Å². The molecule has 0 radical (unpaired) electrons. The van der Waals surface area contributed by atoms with E-state index in [9.17, 15) is 28.2 Å². The van der Waals surface area contributed by atoms with Crippen LogP contribution in [0.1, 0.15) is 55.9 Å². The Kier molecular flexibility index (Phi) is 6.05. The number of pyridine rings is 1. The van der Waals surface area contributed by atoms with E-state index in [1.54, 1.807) is 36.9 Å². The van der Waals surface area contributed by atoms with Crippen LogP contribution in [0.3, 0.4) is 0 Å². The molecule has 0 fully saturated rings. The summed E-state index contributed by atoms with van der Waals surface area (Å²) in [5.41, 5.74) is -2.66. The number of anilines is 1. The van der Waals surface area contributed by atoms with E-state index in [0.717, 1.165) is 12.1 Å². The highest BCUT2D eigenvalue weighted by Gasteiger charge is 2.33. The minimum Gasteiger partial charge on any atom is -0.390 e. The van der Waals surface area contributed by atoms with Gasteiger partial charge in [-0.05, 0) is 58.4 Å². The summed E-state index contributed by atoms with van der Waals surface area (Å²) < 4.78 is 40.5. The minimum atomic E-state index is -4.68. The molecule has 3 N–H and O–H groups in total. The minimum absolute atomic E-state index is 0.233. The fourth-order valence-corrected chi connectivity index (χ4v) is 3.14. The van der Waals surface area contributed by atoms with Crippen molar-refractivity contribution in [1.82, 2.24) is 14.8 Å². The second-order valence-corrected chi connectivity index (χ2v) is 8.83. The maximum Gasteiger partial charge on any atom is 0.433 e. The first kappa shape index (κ1) is 23.7. The molecule has 0 unspecified atom stereocenters. The van der Waals surface area contributed by atoms with Crippen LogP contribution < -0.4 is 5.32 Å². The lowest BCUT2D eigenvalue weighted by Crippen LogP contribution is -2.22. The number of hydrogen-bond acceptors (Lipinski definition) is 5. The zero-order chi connectivity index (χ0) is 23.9. The number of alkyl halides is 3. The van der Waals surface area contributed by atoms with Crippen LogP contribution in [0, 0.1) is 0 Å². The van der Waals surface area contributed by atoms with Gasteiger partial charge < -0.3 is 15.5 Å². The number of aryl methyl sites for hydroxylation is 1. The van der Waals surface area contributed by atoms with Gasteiger partial charge in [0, 0.05) is 29.4 Å². The number of nitrogens with zero attached hydrogens (tertiary/aromatic N) is 3. The zero-order valence-electron chi connectivity index (χ0n) is 18.2. The smallest absolute Gasteiger partial charge is 0.390 e. The number of fused-ring (bicyclic) bond motifs is 1. The molecule has 0 saturated heterocycles. The van der Waals surface area contributed by atoms with Crippen LogP contribution >= 0.6 is 0 Å². The molecule has 1 aromatic carbocycles. The summed E-state index contributed by atoms with van der Waals surface area (Å²) in [6.45, 7) is 6.89. The van der Waals surface area contributed by atoms with Crippen molar-refractivity contribution < 1.29 is 28.2 Å². The van der Waals surface area contributed by atoms with Crippen molar-refractivity contribution >= 4 is 22.5 Å². The van der Waals surface area contributed by atoms with Gasteiger partial charge in [0.15, 0.2) is 0 Å². The lowest BCUT2D eigenvalue weighted by atomic mass is 9.95. The van der Waals surface area contributed by atoms with Gasteiger partial charge >= 0.3 is 6.18 Å². The Bertz CT molecular complexity index is 1140. The fraction of sp³-hybridized carbons (Fsp3) is 0.409. The van der Waals surface area contributed by atoms with Crippen molar-refractivity contribution in [3.63, 3.8) is 0 Å². The molecule has 0 spiro atoms. The van der Waals surface area contributed by atoms with E-state index in [2.05, 4.69) is 15.4 Å². The molecule has 32 heavy (non-hydrogen) atoms. The molecule has 0 aliphatic rings. The third-order valence-electron chi connectivity index (χ3n) is 4.82. The lowest BCUT2D eigenvalue weighted by molar-refractivity contribution is -0.141. The largest absolute Gasteiger partial charge is 0.433 e. The van der Waals surface area contributed by atoms with Crippen LogP contribution in [-0.4, -0.2) is 36.5 Å². The van der Waals surface area contributed by atoms with E-state index in [4.69, 9.17) is 0 Å². The summed E-state index contributed by atoms with van der Waals surface area (Å²) in [5.74, 6) is -0.838. The Morgan fingerprint density at radius 3 is 2.41 bits per heavy atom. The second-order valence-electron chi connectivity index (χ2n) is 8.83. The van der Waals surface area contributed by atoms with Crippen molar-refractivity contribution in [2.75, 3.05) is 5.32 Å². The van der Waals surface area contributed by atoms with E-state index >= 15 is 0 Å². The molecule has 1 amide bonds. The molecule has 2 heterocycles. The molecule has 2 aromatic heterocycles. The maximum atomic E-state index is 12.9. The Morgan fingerprint density at radius 1 is 1.12 bits per heavy atom. The lowest BCUT2D eigenvalue weighted by Gasteiger charge is -2.22. The van der Waals surface area contributed by atoms with Crippen molar-refractivity contribution in [1.29, 1.82) is 0 Å². The first-order chi connectivity index (χ1) is 14.6. The number of aliphatic hydroxyl groups is 2. The SMILES string of the molecule is CC(C)(O)CCn1cc2cc(NC(=O)c3cccc(C(F)(F)F)n3)c(C(C)(C)O)cc2n1. The average molecular weight is 450 g/mol. The van der Waals surface area contributed by atoms with Gasteiger partial charge in [-0.2, -0.15) is 18.3 Å². The Morgan fingerprint density at radius 2 is 1.81 bits per heavy atom. The quantitative estimate of drug-likeness (QED) is 0.525. The third kappa shape index (κ3) is 5.63. The van der Waals surface area contributed by atoms with Crippen molar-refractivity contribution in [3.8, 4) is 0 Å². The monoisotopic (exact) mass is 450 g/mol.